The molecule has 0 radical (unpaired) electrons. The molecule has 0 bridgehead atoms. The van der Waals surface area contributed by atoms with Gasteiger partial charge >= 0.3 is 6.03 Å². The first-order valence-corrected chi connectivity index (χ1v) is 4.94. The highest BCUT2D eigenvalue weighted by Crippen LogP contribution is 1.74. The van der Waals surface area contributed by atoms with Gasteiger partial charge in [-0.15, -0.1) is 0 Å². The lowest BCUT2D eigenvalue weighted by Gasteiger charge is -2.12. The molecule has 3 amide bonds. The molecule has 0 aromatic rings. The third kappa shape index (κ3) is 9.01. The number of amides is 3. The van der Waals surface area contributed by atoms with E-state index in [0.717, 1.165) is 0 Å². The first-order chi connectivity index (χ1) is 7.04. The van der Waals surface area contributed by atoms with E-state index in [1.807, 2.05) is 0 Å². The molecule has 0 spiro atoms. The Balaban J connectivity index is 3.18. The number of nitrogens with one attached hydrogen (secondary N) is 3. The minimum Gasteiger partial charge on any atom is -0.355 e. The molecule has 0 saturated heterocycles. The molecule has 0 unspecified atom stereocenters. The number of carbonyl (C=O) groups excluding carboxylic acids is 2. The molecule has 0 rings (SSSR count). The van der Waals surface area contributed by atoms with Gasteiger partial charge in [-0.05, 0) is 0 Å². The maximum atomic E-state index is 11.1. The zero-order valence-electron chi connectivity index (χ0n) is 9.59. The lowest BCUT2D eigenvalue weighted by atomic mass is 10.5. The van der Waals surface area contributed by atoms with Crippen LogP contribution in [-0.2, 0) is 4.79 Å². The minimum atomic E-state index is -0.0985. The summed E-state index contributed by atoms with van der Waals surface area (Å²) in [5.41, 5.74) is 0. The minimum absolute atomic E-state index is 0.0299. The fourth-order valence-electron chi connectivity index (χ4n) is 0.868. The van der Waals surface area contributed by atoms with Gasteiger partial charge in [0.25, 0.3) is 0 Å². The van der Waals surface area contributed by atoms with Gasteiger partial charge in [0, 0.05) is 47.2 Å². The van der Waals surface area contributed by atoms with E-state index >= 15 is 0 Å². The third-order valence-corrected chi connectivity index (χ3v) is 1.66. The van der Waals surface area contributed by atoms with E-state index in [-0.39, 0.29) is 11.9 Å². The van der Waals surface area contributed by atoms with Crippen LogP contribution in [0.5, 0.6) is 0 Å². The molecule has 0 aliphatic heterocycles. The van der Waals surface area contributed by atoms with Crippen LogP contribution in [-0.4, -0.2) is 57.1 Å². The Hall–Kier alpha value is -1.30. The first-order valence-electron chi connectivity index (χ1n) is 4.94. The summed E-state index contributed by atoms with van der Waals surface area (Å²) in [4.78, 5) is 23.0. The van der Waals surface area contributed by atoms with Crippen molar-refractivity contribution >= 4 is 11.9 Å². The van der Waals surface area contributed by atoms with E-state index in [4.69, 9.17) is 0 Å². The lowest BCUT2D eigenvalue weighted by molar-refractivity contribution is -0.118. The molecule has 0 aromatic heterocycles. The molecule has 0 aromatic carbocycles. The molecule has 0 heterocycles. The first kappa shape index (κ1) is 13.7. The molecular formula is C9H20N4O2. The Morgan fingerprint density at radius 3 is 2.00 bits per heavy atom. The molecule has 0 fully saturated rings. The number of urea groups is 1. The largest absolute Gasteiger partial charge is 0.355 e. The third-order valence-electron chi connectivity index (χ3n) is 1.66. The maximum Gasteiger partial charge on any atom is 0.316 e. The van der Waals surface area contributed by atoms with E-state index < -0.39 is 0 Å². The van der Waals surface area contributed by atoms with Gasteiger partial charge in [0.1, 0.15) is 0 Å². The van der Waals surface area contributed by atoms with Crippen molar-refractivity contribution < 1.29 is 9.59 Å². The Morgan fingerprint density at radius 1 is 1.00 bits per heavy atom. The van der Waals surface area contributed by atoms with Crippen LogP contribution in [0.15, 0.2) is 0 Å². The van der Waals surface area contributed by atoms with Crippen LogP contribution in [0.1, 0.15) is 6.92 Å². The predicted molar refractivity (Wildman–Crippen MR) is 58.6 cm³/mol. The molecule has 0 atom stereocenters. The smallest absolute Gasteiger partial charge is 0.316 e. The summed E-state index contributed by atoms with van der Waals surface area (Å²) in [6.07, 6.45) is 0. The average molecular weight is 216 g/mol. The zero-order valence-corrected chi connectivity index (χ0v) is 9.59. The standard InChI is InChI=1S/C9H20N4O2/c1-8(14)11-6-4-10-5-7-12-9(15)13(2)3/h10H,4-7H2,1-3H3,(H,11,14)(H,12,15). The molecule has 6 heteroatoms. The van der Waals surface area contributed by atoms with Crippen molar-refractivity contribution in [3.05, 3.63) is 0 Å². The Morgan fingerprint density at radius 2 is 1.53 bits per heavy atom. The summed E-state index contributed by atoms with van der Waals surface area (Å²) in [5, 5.41) is 8.47. The molecule has 15 heavy (non-hydrogen) atoms. The highest BCUT2D eigenvalue weighted by atomic mass is 16.2. The highest BCUT2D eigenvalue weighted by molar-refractivity contribution is 5.73. The summed E-state index contributed by atoms with van der Waals surface area (Å²) >= 11 is 0. The van der Waals surface area contributed by atoms with Gasteiger partial charge in [-0.3, -0.25) is 4.79 Å². The van der Waals surface area contributed by atoms with Crippen LogP contribution >= 0.6 is 0 Å². The number of hydrogen-bond donors (Lipinski definition) is 3. The fraction of sp³-hybridized carbons (Fsp3) is 0.778. The van der Waals surface area contributed by atoms with Crippen molar-refractivity contribution in [2.24, 2.45) is 0 Å². The molecule has 0 aliphatic rings. The van der Waals surface area contributed by atoms with Gasteiger partial charge in [-0.1, -0.05) is 0 Å². The van der Waals surface area contributed by atoms with Gasteiger partial charge in [-0.25, -0.2) is 4.79 Å². The van der Waals surface area contributed by atoms with Gasteiger partial charge in [0.15, 0.2) is 0 Å². The Labute approximate surface area is 90.4 Å². The van der Waals surface area contributed by atoms with E-state index in [0.29, 0.717) is 26.2 Å². The van der Waals surface area contributed by atoms with Gasteiger partial charge < -0.3 is 20.9 Å². The summed E-state index contributed by atoms with van der Waals surface area (Å²) in [7, 11) is 3.39. The number of carbonyl (C=O) groups is 2. The summed E-state index contributed by atoms with van der Waals surface area (Å²) in [6.45, 7) is 4.07. The van der Waals surface area contributed by atoms with E-state index in [1.165, 1.54) is 11.8 Å². The lowest BCUT2D eigenvalue weighted by Crippen LogP contribution is -2.39. The Bertz CT molecular complexity index is 206. The molecule has 88 valence electrons. The van der Waals surface area contributed by atoms with E-state index in [2.05, 4.69) is 16.0 Å². The van der Waals surface area contributed by atoms with Crippen molar-refractivity contribution in [1.29, 1.82) is 0 Å². The van der Waals surface area contributed by atoms with Crippen LogP contribution in [0.4, 0.5) is 4.79 Å². The van der Waals surface area contributed by atoms with Crippen LogP contribution < -0.4 is 16.0 Å². The average Bonchev–Trinajstić information content (AvgIpc) is 2.15. The summed E-state index contributed by atoms with van der Waals surface area (Å²) in [5.74, 6) is -0.0299. The van der Waals surface area contributed by atoms with Crippen molar-refractivity contribution in [2.45, 2.75) is 6.92 Å². The van der Waals surface area contributed by atoms with Crippen LogP contribution in [0, 0.1) is 0 Å². The predicted octanol–water partition coefficient (Wildman–Crippen LogP) is -1.02. The molecular weight excluding hydrogens is 196 g/mol. The van der Waals surface area contributed by atoms with E-state index in [9.17, 15) is 9.59 Å². The summed E-state index contributed by atoms with van der Waals surface area (Å²) < 4.78 is 0. The highest BCUT2D eigenvalue weighted by Gasteiger charge is 1.99. The Kier molecular flexibility index (Phi) is 7.35. The van der Waals surface area contributed by atoms with Gasteiger partial charge in [-0.2, -0.15) is 0 Å². The van der Waals surface area contributed by atoms with Crippen LogP contribution in [0.2, 0.25) is 0 Å². The quantitative estimate of drug-likeness (QED) is 0.498. The molecule has 3 N–H and O–H groups in total. The second-order valence-corrected chi connectivity index (χ2v) is 3.36. The van der Waals surface area contributed by atoms with Crippen molar-refractivity contribution in [3.8, 4) is 0 Å². The normalized spacial score (nSPS) is 9.53. The second-order valence-electron chi connectivity index (χ2n) is 3.36. The molecule has 0 saturated carbocycles. The van der Waals surface area contributed by atoms with Crippen molar-refractivity contribution in [2.75, 3.05) is 40.3 Å². The fourth-order valence-corrected chi connectivity index (χ4v) is 0.868. The van der Waals surface area contributed by atoms with E-state index in [1.54, 1.807) is 14.1 Å². The van der Waals surface area contributed by atoms with Crippen molar-refractivity contribution in [1.82, 2.24) is 20.9 Å². The number of rotatable bonds is 6. The SMILES string of the molecule is CC(=O)NCCNCCNC(=O)N(C)C. The second kappa shape index (κ2) is 8.05. The summed E-state index contributed by atoms with van der Waals surface area (Å²) in [6, 6.07) is -0.0985. The van der Waals surface area contributed by atoms with Gasteiger partial charge in [0.2, 0.25) is 5.91 Å². The molecule has 0 aliphatic carbocycles. The van der Waals surface area contributed by atoms with Crippen molar-refractivity contribution in [3.63, 3.8) is 0 Å². The maximum absolute atomic E-state index is 11.1. The molecule has 6 nitrogen and oxygen atoms in total. The monoisotopic (exact) mass is 216 g/mol. The number of hydrogen-bond acceptors (Lipinski definition) is 3. The number of nitrogens with zero attached hydrogens (tertiary/aromatic N) is 1. The zero-order chi connectivity index (χ0) is 11.7. The van der Waals surface area contributed by atoms with Crippen LogP contribution in [0.3, 0.4) is 0 Å². The van der Waals surface area contributed by atoms with Crippen LogP contribution in [0.25, 0.3) is 0 Å². The van der Waals surface area contributed by atoms with Gasteiger partial charge in [0.05, 0.1) is 0 Å². The topological polar surface area (TPSA) is 73.5 Å².